The highest BCUT2D eigenvalue weighted by Crippen LogP contribution is 2.24. The van der Waals surface area contributed by atoms with Crippen molar-refractivity contribution in [2.24, 2.45) is 0 Å². The Kier molecular flexibility index (Phi) is 5.15. The van der Waals surface area contributed by atoms with Crippen LogP contribution in [0.25, 0.3) is 0 Å². The molecule has 2 heterocycles. The van der Waals surface area contributed by atoms with E-state index in [2.05, 4.69) is 10.3 Å². The summed E-state index contributed by atoms with van der Waals surface area (Å²) in [5, 5.41) is 3.09. The van der Waals surface area contributed by atoms with Gasteiger partial charge < -0.3 is 10.2 Å². The highest BCUT2D eigenvalue weighted by Gasteiger charge is 2.23. The van der Waals surface area contributed by atoms with Gasteiger partial charge in [-0.05, 0) is 42.3 Å². The van der Waals surface area contributed by atoms with Crippen LogP contribution in [0.3, 0.4) is 0 Å². The standard InChI is InChI=1S/C23H21N3O2/c27-21-13-7-15-26(21)19-11-6-10-18(16-19)23(28)25-22(17-8-2-1-3-9-17)20-12-4-5-14-24-20/h1-6,8-12,14,16,22H,7,13,15H2,(H,25,28). The summed E-state index contributed by atoms with van der Waals surface area (Å²) in [5.74, 6) is -0.0961. The van der Waals surface area contributed by atoms with E-state index in [1.165, 1.54) is 0 Å². The van der Waals surface area contributed by atoms with Crippen molar-refractivity contribution in [3.8, 4) is 0 Å². The maximum atomic E-state index is 13.0. The first-order valence-electron chi connectivity index (χ1n) is 9.39. The van der Waals surface area contributed by atoms with E-state index >= 15 is 0 Å². The Morgan fingerprint density at radius 3 is 2.54 bits per heavy atom. The molecule has 3 aromatic rings. The summed E-state index contributed by atoms with van der Waals surface area (Å²) in [6.45, 7) is 0.699. The molecule has 1 N–H and O–H groups in total. The predicted octanol–water partition coefficient (Wildman–Crippen LogP) is 3.73. The Morgan fingerprint density at radius 1 is 1.00 bits per heavy atom. The number of pyridine rings is 1. The highest BCUT2D eigenvalue weighted by molar-refractivity contribution is 5.99. The monoisotopic (exact) mass is 371 g/mol. The van der Waals surface area contributed by atoms with Crippen molar-refractivity contribution in [3.05, 3.63) is 95.8 Å². The number of amides is 2. The molecule has 1 saturated heterocycles. The molecule has 1 fully saturated rings. The number of anilines is 1. The molecule has 1 aromatic heterocycles. The van der Waals surface area contributed by atoms with Gasteiger partial charge in [0.25, 0.3) is 5.91 Å². The molecule has 0 spiro atoms. The molecule has 2 amide bonds. The third kappa shape index (κ3) is 3.78. The molecule has 1 atom stereocenters. The first-order chi connectivity index (χ1) is 13.7. The number of carbonyl (C=O) groups is 2. The van der Waals surface area contributed by atoms with E-state index in [4.69, 9.17) is 0 Å². The maximum absolute atomic E-state index is 13.0. The number of rotatable bonds is 5. The lowest BCUT2D eigenvalue weighted by Crippen LogP contribution is -2.30. The van der Waals surface area contributed by atoms with Crippen LogP contribution in [-0.4, -0.2) is 23.3 Å². The van der Waals surface area contributed by atoms with Crippen LogP contribution in [0.1, 0.15) is 40.5 Å². The quantitative estimate of drug-likeness (QED) is 0.743. The van der Waals surface area contributed by atoms with Crippen molar-refractivity contribution >= 4 is 17.5 Å². The molecule has 0 saturated carbocycles. The number of nitrogens with one attached hydrogen (secondary N) is 1. The lowest BCUT2D eigenvalue weighted by Gasteiger charge is -2.20. The molecule has 5 nitrogen and oxygen atoms in total. The van der Waals surface area contributed by atoms with Crippen molar-refractivity contribution in [1.82, 2.24) is 10.3 Å². The first kappa shape index (κ1) is 17.9. The predicted molar refractivity (Wildman–Crippen MR) is 108 cm³/mol. The highest BCUT2D eigenvalue weighted by atomic mass is 16.2. The topological polar surface area (TPSA) is 62.3 Å². The number of carbonyl (C=O) groups excluding carboxylic acids is 2. The molecule has 1 aliphatic heterocycles. The van der Waals surface area contributed by atoms with E-state index in [9.17, 15) is 9.59 Å². The van der Waals surface area contributed by atoms with Crippen LogP contribution < -0.4 is 10.2 Å². The molecular weight excluding hydrogens is 350 g/mol. The largest absolute Gasteiger partial charge is 0.340 e. The van der Waals surface area contributed by atoms with Gasteiger partial charge >= 0.3 is 0 Å². The van der Waals surface area contributed by atoms with Crippen molar-refractivity contribution in [2.75, 3.05) is 11.4 Å². The van der Waals surface area contributed by atoms with Gasteiger partial charge in [0.05, 0.1) is 11.7 Å². The molecule has 140 valence electrons. The minimum atomic E-state index is -0.355. The van der Waals surface area contributed by atoms with Gasteiger partial charge in [-0.3, -0.25) is 14.6 Å². The number of nitrogens with zero attached hydrogens (tertiary/aromatic N) is 2. The van der Waals surface area contributed by atoms with Crippen LogP contribution in [0.2, 0.25) is 0 Å². The summed E-state index contributed by atoms with van der Waals surface area (Å²) in [4.78, 5) is 31.2. The van der Waals surface area contributed by atoms with E-state index in [1.54, 1.807) is 23.2 Å². The average Bonchev–Trinajstić information content (AvgIpc) is 3.19. The van der Waals surface area contributed by atoms with Gasteiger partial charge in [0.15, 0.2) is 0 Å². The van der Waals surface area contributed by atoms with Gasteiger partial charge in [-0.15, -0.1) is 0 Å². The van der Waals surface area contributed by atoms with E-state index in [0.717, 1.165) is 23.4 Å². The zero-order valence-corrected chi connectivity index (χ0v) is 15.4. The fourth-order valence-corrected chi connectivity index (χ4v) is 3.47. The number of aromatic nitrogens is 1. The molecule has 28 heavy (non-hydrogen) atoms. The Morgan fingerprint density at radius 2 is 1.82 bits per heavy atom. The van der Waals surface area contributed by atoms with Crippen LogP contribution in [0.5, 0.6) is 0 Å². The second kappa shape index (κ2) is 8.05. The molecule has 1 aliphatic rings. The van der Waals surface area contributed by atoms with Crippen molar-refractivity contribution in [2.45, 2.75) is 18.9 Å². The average molecular weight is 371 g/mol. The van der Waals surface area contributed by atoms with Gasteiger partial charge in [0.2, 0.25) is 5.91 Å². The third-order valence-corrected chi connectivity index (χ3v) is 4.89. The Bertz CT molecular complexity index is 934. The fraction of sp³-hybridized carbons (Fsp3) is 0.174. The van der Waals surface area contributed by atoms with Gasteiger partial charge in [0, 0.05) is 30.4 Å². The zero-order chi connectivity index (χ0) is 19.3. The molecule has 0 radical (unpaired) electrons. The number of hydrogen-bond donors (Lipinski definition) is 1. The Balaban J connectivity index is 1.61. The van der Waals surface area contributed by atoms with Crippen LogP contribution >= 0.6 is 0 Å². The molecule has 0 aliphatic carbocycles. The summed E-state index contributed by atoms with van der Waals surface area (Å²) in [6, 6.07) is 22.3. The molecule has 1 unspecified atom stereocenters. The SMILES string of the molecule is O=C(NC(c1ccccc1)c1ccccn1)c1cccc(N2CCCC2=O)c1. The first-order valence-corrected chi connectivity index (χ1v) is 9.39. The molecular formula is C23H21N3O2. The van der Waals surface area contributed by atoms with Crippen LogP contribution in [0.4, 0.5) is 5.69 Å². The summed E-state index contributed by atoms with van der Waals surface area (Å²) < 4.78 is 0. The second-order valence-electron chi connectivity index (χ2n) is 6.77. The van der Waals surface area contributed by atoms with Crippen molar-refractivity contribution in [3.63, 3.8) is 0 Å². The van der Waals surface area contributed by atoms with Crippen LogP contribution in [0, 0.1) is 0 Å². The smallest absolute Gasteiger partial charge is 0.252 e. The Labute approximate surface area is 164 Å². The molecule has 5 heteroatoms. The van der Waals surface area contributed by atoms with Gasteiger partial charge in [0.1, 0.15) is 0 Å². The number of benzene rings is 2. The molecule has 0 bridgehead atoms. The lowest BCUT2D eigenvalue weighted by atomic mass is 10.0. The fourth-order valence-electron chi connectivity index (χ4n) is 3.47. The van der Waals surface area contributed by atoms with Crippen LogP contribution in [-0.2, 0) is 4.79 Å². The Hall–Kier alpha value is -3.47. The normalized spacial score (nSPS) is 14.7. The van der Waals surface area contributed by atoms with Gasteiger partial charge in [-0.25, -0.2) is 0 Å². The molecule has 2 aromatic carbocycles. The van der Waals surface area contributed by atoms with Crippen molar-refractivity contribution < 1.29 is 9.59 Å². The van der Waals surface area contributed by atoms with E-state index in [0.29, 0.717) is 18.5 Å². The maximum Gasteiger partial charge on any atom is 0.252 e. The van der Waals surface area contributed by atoms with Crippen molar-refractivity contribution in [1.29, 1.82) is 0 Å². The minimum absolute atomic E-state index is 0.105. The lowest BCUT2D eigenvalue weighted by molar-refractivity contribution is -0.117. The summed E-state index contributed by atoms with van der Waals surface area (Å²) in [7, 11) is 0. The van der Waals surface area contributed by atoms with Gasteiger partial charge in [-0.2, -0.15) is 0 Å². The summed E-state index contributed by atoms with van der Waals surface area (Å²) in [5.41, 5.74) is 3.02. The summed E-state index contributed by atoms with van der Waals surface area (Å²) >= 11 is 0. The summed E-state index contributed by atoms with van der Waals surface area (Å²) in [6.07, 6.45) is 3.13. The van der Waals surface area contributed by atoms with Crippen LogP contribution in [0.15, 0.2) is 79.0 Å². The van der Waals surface area contributed by atoms with E-state index in [1.807, 2.05) is 60.7 Å². The zero-order valence-electron chi connectivity index (χ0n) is 15.4. The van der Waals surface area contributed by atoms with Gasteiger partial charge in [-0.1, -0.05) is 42.5 Å². The molecule has 4 rings (SSSR count). The third-order valence-electron chi connectivity index (χ3n) is 4.89. The number of hydrogen-bond acceptors (Lipinski definition) is 3. The minimum Gasteiger partial charge on any atom is -0.340 e. The van der Waals surface area contributed by atoms with E-state index < -0.39 is 0 Å². The second-order valence-corrected chi connectivity index (χ2v) is 6.77. The van der Waals surface area contributed by atoms with E-state index in [-0.39, 0.29) is 17.9 Å².